The highest BCUT2D eigenvalue weighted by molar-refractivity contribution is 7.98. The van der Waals surface area contributed by atoms with Gasteiger partial charge in [0.2, 0.25) is 0 Å². The van der Waals surface area contributed by atoms with E-state index in [2.05, 4.69) is 18.2 Å². The van der Waals surface area contributed by atoms with E-state index in [0.29, 0.717) is 23.1 Å². The summed E-state index contributed by atoms with van der Waals surface area (Å²) in [5.41, 5.74) is 11.5. The van der Waals surface area contributed by atoms with Crippen molar-refractivity contribution < 1.29 is 4.79 Å². The maximum absolute atomic E-state index is 11.2. The first-order valence-corrected chi connectivity index (χ1v) is 6.63. The van der Waals surface area contributed by atoms with Crippen molar-refractivity contribution in [3.05, 3.63) is 17.8 Å². The summed E-state index contributed by atoms with van der Waals surface area (Å²) in [6.07, 6.45) is 3.52. The van der Waals surface area contributed by atoms with Crippen molar-refractivity contribution in [2.45, 2.75) is 13.0 Å². The first-order chi connectivity index (χ1) is 7.97. The summed E-state index contributed by atoms with van der Waals surface area (Å²) < 4.78 is 0. The summed E-state index contributed by atoms with van der Waals surface area (Å²) in [6.45, 7) is 2.10. The summed E-state index contributed by atoms with van der Waals surface area (Å²) in [4.78, 5) is 17.4. The molecular formula is C11H18N4OS. The van der Waals surface area contributed by atoms with Gasteiger partial charge in [-0.05, 0) is 19.2 Å². The van der Waals surface area contributed by atoms with E-state index in [-0.39, 0.29) is 0 Å². The van der Waals surface area contributed by atoms with Gasteiger partial charge in [-0.1, -0.05) is 0 Å². The molecule has 0 aliphatic heterocycles. The maximum Gasteiger partial charge on any atom is 0.250 e. The first kappa shape index (κ1) is 13.6. The van der Waals surface area contributed by atoms with E-state index < -0.39 is 5.91 Å². The van der Waals surface area contributed by atoms with Crippen LogP contribution >= 0.6 is 11.8 Å². The molecule has 1 rings (SSSR count). The fourth-order valence-electron chi connectivity index (χ4n) is 1.44. The number of nitrogens with zero attached hydrogens (tertiary/aromatic N) is 2. The van der Waals surface area contributed by atoms with Crippen molar-refractivity contribution >= 4 is 29.2 Å². The van der Waals surface area contributed by atoms with Gasteiger partial charge in [0.15, 0.2) is 0 Å². The highest BCUT2D eigenvalue weighted by atomic mass is 32.2. The molecule has 0 bridgehead atoms. The number of nitrogen functional groups attached to an aromatic ring is 1. The lowest BCUT2D eigenvalue weighted by molar-refractivity contribution is 0.100. The number of amides is 1. The lowest BCUT2D eigenvalue weighted by Gasteiger charge is -2.25. The Morgan fingerprint density at radius 1 is 1.65 bits per heavy atom. The number of rotatable bonds is 5. The molecular weight excluding hydrogens is 236 g/mol. The Morgan fingerprint density at radius 2 is 2.29 bits per heavy atom. The fourth-order valence-corrected chi connectivity index (χ4v) is 2.15. The molecule has 0 aromatic carbocycles. The Labute approximate surface area is 106 Å². The Morgan fingerprint density at radius 3 is 2.82 bits per heavy atom. The number of aromatic nitrogens is 1. The molecule has 17 heavy (non-hydrogen) atoms. The molecule has 1 atom stereocenters. The second-order valence-electron chi connectivity index (χ2n) is 3.91. The average Bonchev–Trinajstić information content (AvgIpc) is 2.28. The summed E-state index contributed by atoms with van der Waals surface area (Å²) in [5, 5.41) is 0. The van der Waals surface area contributed by atoms with E-state index in [0.717, 1.165) is 5.75 Å². The highest BCUT2D eigenvalue weighted by Gasteiger charge is 2.14. The van der Waals surface area contributed by atoms with E-state index >= 15 is 0 Å². The molecule has 4 N–H and O–H groups in total. The van der Waals surface area contributed by atoms with Crippen molar-refractivity contribution in [1.29, 1.82) is 0 Å². The smallest absolute Gasteiger partial charge is 0.250 e. The molecule has 0 fully saturated rings. The van der Waals surface area contributed by atoms with Crippen LogP contribution < -0.4 is 16.4 Å². The predicted octanol–water partition coefficient (Wildman–Crippen LogP) is 0.950. The van der Waals surface area contributed by atoms with Crippen LogP contribution in [0.5, 0.6) is 0 Å². The summed E-state index contributed by atoms with van der Waals surface area (Å²) in [6, 6.07) is 1.95. The average molecular weight is 254 g/mol. The van der Waals surface area contributed by atoms with Crippen LogP contribution in [0.3, 0.4) is 0 Å². The van der Waals surface area contributed by atoms with Gasteiger partial charge in [0.05, 0.1) is 17.4 Å². The van der Waals surface area contributed by atoms with Crippen molar-refractivity contribution in [3.63, 3.8) is 0 Å². The monoisotopic (exact) mass is 254 g/mol. The summed E-state index contributed by atoms with van der Waals surface area (Å²) in [7, 11) is 1.93. The minimum absolute atomic E-state index is 0.312. The quantitative estimate of drug-likeness (QED) is 0.817. The number of carbonyl (C=O) groups is 1. The van der Waals surface area contributed by atoms with Crippen LogP contribution in [0, 0.1) is 0 Å². The number of anilines is 2. The Bertz CT molecular complexity index is 410. The van der Waals surface area contributed by atoms with Gasteiger partial charge in [-0.25, -0.2) is 4.98 Å². The third-order valence-electron chi connectivity index (χ3n) is 2.62. The standard InChI is InChI=1S/C11H18N4OS/c1-7(6-17-3)15(2)10-4-8(11(13)16)9(12)5-14-10/h4-5,7H,6,12H2,1-3H3,(H2,13,16). The van der Waals surface area contributed by atoms with Crippen LogP contribution in [0.4, 0.5) is 11.5 Å². The molecule has 1 aromatic heterocycles. The van der Waals surface area contributed by atoms with E-state index in [1.54, 1.807) is 17.8 Å². The number of pyridine rings is 1. The first-order valence-electron chi connectivity index (χ1n) is 5.24. The van der Waals surface area contributed by atoms with E-state index in [9.17, 15) is 4.79 Å². The lowest BCUT2D eigenvalue weighted by Crippen LogP contribution is -2.32. The second-order valence-corrected chi connectivity index (χ2v) is 4.82. The molecule has 1 unspecified atom stereocenters. The maximum atomic E-state index is 11.2. The number of hydrogen-bond acceptors (Lipinski definition) is 5. The lowest BCUT2D eigenvalue weighted by atomic mass is 10.2. The van der Waals surface area contributed by atoms with Gasteiger partial charge in [0, 0.05) is 18.8 Å². The van der Waals surface area contributed by atoms with Gasteiger partial charge in [-0.15, -0.1) is 0 Å². The molecule has 1 aromatic rings. The molecule has 0 spiro atoms. The minimum atomic E-state index is -0.530. The largest absolute Gasteiger partial charge is 0.397 e. The predicted molar refractivity (Wildman–Crippen MR) is 73.4 cm³/mol. The van der Waals surface area contributed by atoms with Crippen LogP contribution in [-0.2, 0) is 0 Å². The van der Waals surface area contributed by atoms with Gasteiger partial charge in [0.1, 0.15) is 5.82 Å². The number of hydrogen-bond donors (Lipinski definition) is 2. The Balaban J connectivity index is 2.99. The second kappa shape index (κ2) is 5.77. The van der Waals surface area contributed by atoms with Crippen molar-refractivity contribution in [3.8, 4) is 0 Å². The number of thioether (sulfide) groups is 1. The molecule has 0 saturated carbocycles. The zero-order chi connectivity index (χ0) is 13.0. The summed E-state index contributed by atoms with van der Waals surface area (Å²) in [5.74, 6) is 1.15. The third kappa shape index (κ3) is 3.26. The van der Waals surface area contributed by atoms with Crippen LogP contribution in [-0.4, -0.2) is 36.0 Å². The van der Waals surface area contributed by atoms with Crippen LogP contribution in [0.2, 0.25) is 0 Å². The van der Waals surface area contributed by atoms with Gasteiger partial charge in [-0.2, -0.15) is 11.8 Å². The van der Waals surface area contributed by atoms with E-state index in [1.807, 2.05) is 11.9 Å². The van der Waals surface area contributed by atoms with Gasteiger partial charge in [0.25, 0.3) is 5.91 Å². The molecule has 1 amide bonds. The zero-order valence-corrected chi connectivity index (χ0v) is 11.1. The van der Waals surface area contributed by atoms with Gasteiger partial charge >= 0.3 is 0 Å². The number of nitrogens with two attached hydrogens (primary N) is 2. The number of primary amides is 1. The van der Waals surface area contributed by atoms with Crippen molar-refractivity contribution in [1.82, 2.24) is 4.98 Å². The molecule has 0 aliphatic rings. The van der Waals surface area contributed by atoms with Crippen LogP contribution in [0.1, 0.15) is 17.3 Å². The SMILES string of the molecule is CSCC(C)N(C)c1cc(C(N)=O)c(N)cn1. The van der Waals surface area contributed by atoms with Gasteiger partial charge in [-0.3, -0.25) is 4.79 Å². The van der Waals surface area contributed by atoms with E-state index in [4.69, 9.17) is 11.5 Å². The Hall–Kier alpha value is -1.43. The molecule has 0 radical (unpaired) electrons. The molecule has 0 saturated heterocycles. The van der Waals surface area contributed by atoms with Crippen LogP contribution in [0.25, 0.3) is 0 Å². The highest BCUT2D eigenvalue weighted by Crippen LogP contribution is 2.19. The fraction of sp³-hybridized carbons (Fsp3) is 0.455. The molecule has 94 valence electrons. The topological polar surface area (TPSA) is 85.2 Å². The normalized spacial score (nSPS) is 12.2. The van der Waals surface area contributed by atoms with Crippen LogP contribution in [0.15, 0.2) is 12.3 Å². The minimum Gasteiger partial charge on any atom is -0.397 e. The molecule has 6 heteroatoms. The number of carbonyl (C=O) groups excluding carboxylic acids is 1. The molecule has 5 nitrogen and oxygen atoms in total. The molecule has 0 aliphatic carbocycles. The zero-order valence-electron chi connectivity index (χ0n) is 10.3. The van der Waals surface area contributed by atoms with Crippen molar-refractivity contribution in [2.75, 3.05) is 29.7 Å². The van der Waals surface area contributed by atoms with Crippen molar-refractivity contribution in [2.24, 2.45) is 5.73 Å². The Kier molecular flexibility index (Phi) is 4.62. The third-order valence-corrected chi connectivity index (χ3v) is 3.43. The molecule has 1 heterocycles. The van der Waals surface area contributed by atoms with E-state index in [1.165, 1.54) is 6.20 Å². The van der Waals surface area contributed by atoms with Gasteiger partial charge < -0.3 is 16.4 Å². The summed E-state index contributed by atoms with van der Waals surface area (Å²) >= 11 is 1.76.